The number of methoxy groups -OCH3 is 1. The van der Waals surface area contributed by atoms with Gasteiger partial charge in [-0.25, -0.2) is 4.79 Å². The molecular formula is C21H29N3O6. The minimum absolute atomic E-state index is 0.0522. The molecule has 0 atom stereocenters. The Morgan fingerprint density at radius 1 is 1.17 bits per heavy atom. The van der Waals surface area contributed by atoms with E-state index in [4.69, 9.17) is 14.2 Å². The summed E-state index contributed by atoms with van der Waals surface area (Å²) in [5.41, 5.74) is 0.532. The standard InChI is InChI=1S/C21H29N3O6/c1-28-14-8-19(25)23-10-6-18(7-11-23)30-17-4-2-16(3-5-17)20(26)22-9-12-24-13-15-29-21(24)27/h2-5,18H,6-15H2,1H3,(H,22,26). The number of hydrogen-bond donors (Lipinski definition) is 1. The van der Waals surface area contributed by atoms with Crippen molar-refractivity contribution in [2.75, 3.05) is 53.0 Å². The minimum Gasteiger partial charge on any atom is -0.490 e. The number of nitrogens with one attached hydrogen (secondary N) is 1. The van der Waals surface area contributed by atoms with Crippen molar-refractivity contribution < 1.29 is 28.6 Å². The van der Waals surface area contributed by atoms with Crippen LogP contribution in [0.2, 0.25) is 0 Å². The van der Waals surface area contributed by atoms with Crippen LogP contribution >= 0.6 is 0 Å². The first-order valence-corrected chi connectivity index (χ1v) is 10.3. The molecule has 9 nitrogen and oxygen atoms in total. The molecule has 3 rings (SSSR count). The van der Waals surface area contributed by atoms with Crippen LogP contribution in [-0.4, -0.2) is 86.9 Å². The van der Waals surface area contributed by atoms with E-state index in [2.05, 4.69) is 5.32 Å². The van der Waals surface area contributed by atoms with E-state index in [-0.39, 0.29) is 24.0 Å². The molecule has 0 aromatic heterocycles. The lowest BCUT2D eigenvalue weighted by molar-refractivity contribution is -0.133. The first-order valence-electron chi connectivity index (χ1n) is 10.3. The number of amides is 3. The van der Waals surface area contributed by atoms with Crippen LogP contribution < -0.4 is 10.1 Å². The van der Waals surface area contributed by atoms with Crippen molar-refractivity contribution >= 4 is 17.9 Å². The van der Waals surface area contributed by atoms with Gasteiger partial charge in [0.1, 0.15) is 18.5 Å². The summed E-state index contributed by atoms with van der Waals surface area (Å²) in [7, 11) is 1.59. The highest BCUT2D eigenvalue weighted by Gasteiger charge is 2.24. The van der Waals surface area contributed by atoms with Gasteiger partial charge in [0.15, 0.2) is 0 Å². The molecule has 3 amide bonds. The van der Waals surface area contributed by atoms with Crippen LogP contribution in [0.1, 0.15) is 29.6 Å². The number of ether oxygens (including phenoxy) is 3. The van der Waals surface area contributed by atoms with E-state index in [1.54, 1.807) is 36.3 Å². The normalized spacial score (nSPS) is 17.0. The van der Waals surface area contributed by atoms with Crippen molar-refractivity contribution in [3.8, 4) is 5.75 Å². The SMILES string of the molecule is COCCC(=O)N1CCC(Oc2ccc(C(=O)NCCN3CCOC3=O)cc2)CC1. The molecule has 2 aliphatic rings. The summed E-state index contributed by atoms with van der Waals surface area (Å²) >= 11 is 0. The van der Waals surface area contributed by atoms with Gasteiger partial charge < -0.3 is 29.3 Å². The molecule has 2 heterocycles. The van der Waals surface area contributed by atoms with Crippen molar-refractivity contribution in [1.82, 2.24) is 15.1 Å². The van der Waals surface area contributed by atoms with Gasteiger partial charge in [-0.2, -0.15) is 0 Å². The quantitative estimate of drug-likeness (QED) is 0.648. The molecule has 0 radical (unpaired) electrons. The lowest BCUT2D eigenvalue weighted by Crippen LogP contribution is -2.42. The molecule has 0 spiro atoms. The van der Waals surface area contributed by atoms with E-state index in [1.165, 1.54) is 0 Å². The van der Waals surface area contributed by atoms with Crippen LogP contribution in [0, 0.1) is 0 Å². The van der Waals surface area contributed by atoms with Gasteiger partial charge in [0.25, 0.3) is 5.91 Å². The van der Waals surface area contributed by atoms with E-state index in [0.717, 1.165) is 12.8 Å². The van der Waals surface area contributed by atoms with Crippen molar-refractivity contribution in [3.63, 3.8) is 0 Å². The van der Waals surface area contributed by atoms with Crippen molar-refractivity contribution in [2.45, 2.75) is 25.4 Å². The predicted octanol–water partition coefficient (Wildman–Crippen LogP) is 1.27. The number of carbonyl (C=O) groups excluding carboxylic acids is 3. The van der Waals surface area contributed by atoms with Gasteiger partial charge in [-0.05, 0) is 24.3 Å². The van der Waals surface area contributed by atoms with Crippen LogP contribution in [0.4, 0.5) is 4.79 Å². The summed E-state index contributed by atoms with van der Waals surface area (Å²) in [6, 6.07) is 7.00. The van der Waals surface area contributed by atoms with E-state index in [9.17, 15) is 14.4 Å². The van der Waals surface area contributed by atoms with Crippen molar-refractivity contribution in [2.24, 2.45) is 0 Å². The summed E-state index contributed by atoms with van der Waals surface area (Å²) in [5, 5.41) is 2.80. The van der Waals surface area contributed by atoms with E-state index in [1.807, 2.05) is 4.90 Å². The molecule has 9 heteroatoms. The van der Waals surface area contributed by atoms with Gasteiger partial charge in [0.05, 0.1) is 19.6 Å². The first-order chi connectivity index (χ1) is 14.6. The molecule has 2 saturated heterocycles. The average molecular weight is 419 g/mol. The Bertz CT molecular complexity index is 731. The molecule has 2 aliphatic heterocycles. The van der Waals surface area contributed by atoms with Gasteiger partial charge in [0, 0.05) is 51.7 Å². The maximum atomic E-state index is 12.2. The zero-order valence-corrected chi connectivity index (χ0v) is 17.3. The van der Waals surface area contributed by atoms with E-state index < -0.39 is 0 Å². The van der Waals surface area contributed by atoms with Gasteiger partial charge in [-0.3, -0.25) is 9.59 Å². The molecule has 30 heavy (non-hydrogen) atoms. The highest BCUT2D eigenvalue weighted by molar-refractivity contribution is 5.94. The average Bonchev–Trinajstić information content (AvgIpc) is 3.17. The second-order valence-electron chi connectivity index (χ2n) is 7.32. The smallest absolute Gasteiger partial charge is 0.409 e. The molecule has 1 aromatic rings. The van der Waals surface area contributed by atoms with Crippen LogP contribution in [0.25, 0.3) is 0 Å². The monoisotopic (exact) mass is 419 g/mol. The summed E-state index contributed by atoms with van der Waals surface area (Å²) < 4.78 is 15.8. The summed E-state index contributed by atoms with van der Waals surface area (Å²) in [5.74, 6) is 0.625. The molecule has 164 valence electrons. The number of cyclic esters (lactones) is 1. The van der Waals surface area contributed by atoms with Crippen LogP contribution in [0.5, 0.6) is 5.75 Å². The molecule has 1 N–H and O–H groups in total. The summed E-state index contributed by atoms with van der Waals surface area (Å²) in [4.78, 5) is 39.1. The Morgan fingerprint density at radius 3 is 2.53 bits per heavy atom. The largest absolute Gasteiger partial charge is 0.490 e. The molecule has 0 unspecified atom stereocenters. The first kappa shape index (κ1) is 21.9. The second-order valence-corrected chi connectivity index (χ2v) is 7.32. The Balaban J connectivity index is 1.38. The lowest BCUT2D eigenvalue weighted by atomic mass is 10.1. The van der Waals surface area contributed by atoms with Crippen molar-refractivity contribution in [3.05, 3.63) is 29.8 Å². The van der Waals surface area contributed by atoms with E-state index >= 15 is 0 Å². The highest BCUT2D eigenvalue weighted by Crippen LogP contribution is 2.20. The van der Waals surface area contributed by atoms with Gasteiger partial charge in [-0.15, -0.1) is 0 Å². The third-order valence-electron chi connectivity index (χ3n) is 5.25. The number of rotatable bonds is 9. The Kier molecular flexibility index (Phi) is 7.89. The Hall–Kier alpha value is -2.81. The second kappa shape index (κ2) is 10.8. The molecule has 0 bridgehead atoms. The van der Waals surface area contributed by atoms with E-state index in [0.29, 0.717) is 63.7 Å². The van der Waals surface area contributed by atoms with Crippen molar-refractivity contribution in [1.29, 1.82) is 0 Å². The molecule has 1 aromatic carbocycles. The van der Waals surface area contributed by atoms with Crippen LogP contribution in [0.15, 0.2) is 24.3 Å². The topological polar surface area (TPSA) is 97.4 Å². The number of benzene rings is 1. The predicted molar refractivity (Wildman–Crippen MR) is 108 cm³/mol. The summed E-state index contributed by atoms with van der Waals surface area (Å²) in [6.07, 6.45) is 1.68. The van der Waals surface area contributed by atoms with Crippen LogP contribution in [0.3, 0.4) is 0 Å². The fraction of sp³-hybridized carbons (Fsp3) is 0.571. The molecule has 0 aliphatic carbocycles. The molecule has 0 saturated carbocycles. The Morgan fingerprint density at radius 2 is 1.90 bits per heavy atom. The number of hydrogen-bond acceptors (Lipinski definition) is 6. The fourth-order valence-electron chi connectivity index (χ4n) is 3.48. The maximum absolute atomic E-state index is 12.2. The number of piperidine rings is 1. The number of nitrogens with zero attached hydrogens (tertiary/aromatic N) is 2. The number of likely N-dealkylation sites (tertiary alicyclic amines) is 1. The highest BCUT2D eigenvalue weighted by atomic mass is 16.6. The zero-order chi connectivity index (χ0) is 21.3. The maximum Gasteiger partial charge on any atom is 0.409 e. The van der Waals surface area contributed by atoms with Gasteiger partial charge >= 0.3 is 6.09 Å². The summed E-state index contributed by atoms with van der Waals surface area (Å²) in [6.45, 7) is 3.56. The van der Waals surface area contributed by atoms with Gasteiger partial charge in [0.2, 0.25) is 5.91 Å². The molecular weight excluding hydrogens is 390 g/mol. The third kappa shape index (κ3) is 6.09. The van der Waals surface area contributed by atoms with Crippen LogP contribution in [-0.2, 0) is 14.3 Å². The Labute approximate surface area is 176 Å². The fourth-order valence-corrected chi connectivity index (χ4v) is 3.48. The number of carbonyl (C=O) groups is 3. The lowest BCUT2D eigenvalue weighted by Gasteiger charge is -2.32. The minimum atomic E-state index is -0.337. The zero-order valence-electron chi connectivity index (χ0n) is 17.3. The van der Waals surface area contributed by atoms with Gasteiger partial charge in [-0.1, -0.05) is 0 Å². The third-order valence-corrected chi connectivity index (χ3v) is 5.25. The molecule has 2 fully saturated rings.